The number of carbonyl (C=O) groups is 5. The van der Waals surface area contributed by atoms with Gasteiger partial charge in [-0.05, 0) is 48.8 Å². The molecule has 20 nitrogen and oxygen atoms in total. The number of unbranched alkanes of at least 4 members (excludes halogenated alkanes) is 44. The van der Waals surface area contributed by atoms with Crippen molar-refractivity contribution in [3.8, 4) is 0 Å². The number of carbonyl (C=O) groups excluding carboxylic acids is 5. The van der Waals surface area contributed by atoms with Crippen LogP contribution >= 0.6 is 25.1 Å². The standard InChI is InChI=1S/C91H154NO19P3/c1-4-7-10-13-16-19-22-25-28-32-37-42-56-67-87(93)100-75-84(109-89(95)69-58-44-39-33-29-26-23-20-17-14-11-8-5-2)77-105-113(98,103-73-82-63-52-48-53-64-82)107-79-86(111-112)80-108-114(99,104-74-83-65-54-49-55-66-83)106-78-85(110-90(96)70-59-45-40-34-30-27-24-21-18-15-12-9-6-3)76-101-88(94)68-57-43-38-35-31-36-41-46-60-71-92-91(97)102-72-81-61-50-47-51-62-81/h47-55,61-66,84-86H,4-46,56-60,67-80,112H2,1-3H3,(H,92,97)/t84-,85-,86-,113?,114?/m1/s1. The second-order valence-electron chi connectivity index (χ2n) is 30.8. The van der Waals surface area contributed by atoms with Crippen molar-refractivity contribution in [2.45, 2.75) is 393 Å². The second kappa shape index (κ2) is 73.6. The normalized spacial score (nSPS) is 13.3. The maximum atomic E-state index is 14.9. The van der Waals surface area contributed by atoms with E-state index in [1.54, 1.807) is 48.5 Å². The summed E-state index contributed by atoms with van der Waals surface area (Å²) >= 11 is 0. The SMILES string of the molecule is CCCCCCCCCCCCCCCC(=O)OC[C@H](COP(=O)(OCc1ccccc1)OC[C@H](COP(=O)(OCc1ccccc1)OC[C@@H](COC(=O)CCCCCCCCCCCNC(=O)OCc1ccccc1)OC(=O)CCCCCCCCCCCCCCC)OP)OC(=O)CCCCCCCCCCCCCCC. The van der Waals surface area contributed by atoms with E-state index in [1.807, 2.05) is 42.5 Å². The van der Waals surface area contributed by atoms with Gasteiger partial charge in [-0.2, -0.15) is 0 Å². The van der Waals surface area contributed by atoms with E-state index in [1.165, 1.54) is 167 Å². The second-order valence-corrected chi connectivity index (χ2v) is 34.5. The maximum absolute atomic E-state index is 14.9. The molecule has 0 heterocycles. The Labute approximate surface area is 691 Å². The van der Waals surface area contributed by atoms with E-state index >= 15 is 0 Å². The van der Waals surface area contributed by atoms with Gasteiger partial charge in [0.25, 0.3) is 0 Å². The number of ether oxygens (including phenoxy) is 5. The van der Waals surface area contributed by atoms with Crippen LogP contribution in [0.15, 0.2) is 91.0 Å². The van der Waals surface area contributed by atoms with Crippen LogP contribution in [0.2, 0.25) is 0 Å². The van der Waals surface area contributed by atoms with E-state index in [0.29, 0.717) is 43.4 Å². The van der Waals surface area contributed by atoms with Gasteiger partial charge in [0.2, 0.25) is 0 Å². The van der Waals surface area contributed by atoms with Crippen LogP contribution in [-0.2, 0) is 103 Å². The van der Waals surface area contributed by atoms with Crippen LogP contribution in [0.25, 0.3) is 0 Å². The molecule has 0 aliphatic carbocycles. The van der Waals surface area contributed by atoms with Crippen LogP contribution in [0.4, 0.5) is 4.79 Å². The molecule has 0 spiro atoms. The highest BCUT2D eigenvalue weighted by Gasteiger charge is 2.35. The van der Waals surface area contributed by atoms with E-state index in [4.69, 9.17) is 55.4 Å². The fourth-order valence-electron chi connectivity index (χ4n) is 13.2. The molecule has 1 N–H and O–H groups in total. The van der Waals surface area contributed by atoms with Crippen molar-refractivity contribution >= 4 is 55.1 Å². The lowest BCUT2D eigenvalue weighted by molar-refractivity contribution is -0.161. The summed E-state index contributed by atoms with van der Waals surface area (Å²) in [5.41, 5.74) is 2.23. The summed E-state index contributed by atoms with van der Waals surface area (Å²) in [7, 11) is -7.16. The van der Waals surface area contributed by atoms with Crippen molar-refractivity contribution in [2.24, 2.45) is 0 Å². The molecule has 0 aliphatic heterocycles. The zero-order valence-electron chi connectivity index (χ0n) is 71.0. The third-order valence-electron chi connectivity index (χ3n) is 20.3. The highest BCUT2D eigenvalue weighted by atomic mass is 31.2. The van der Waals surface area contributed by atoms with Crippen molar-refractivity contribution in [2.75, 3.05) is 46.2 Å². The maximum Gasteiger partial charge on any atom is 0.475 e. The quantitative estimate of drug-likeness (QED) is 0.0239. The van der Waals surface area contributed by atoms with Crippen LogP contribution in [0.1, 0.15) is 371 Å². The van der Waals surface area contributed by atoms with E-state index in [9.17, 15) is 33.1 Å². The van der Waals surface area contributed by atoms with E-state index in [2.05, 4.69) is 35.6 Å². The molecule has 3 rings (SSSR count). The molecular formula is C91H154NO19P3. The average Bonchev–Trinajstić information content (AvgIpc) is 0.863. The Hall–Kier alpha value is -4.58. The summed E-state index contributed by atoms with van der Waals surface area (Å²) in [6.07, 6.45) is 50.3. The zero-order chi connectivity index (χ0) is 82.0. The molecule has 6 atom stereocenters. The lowest BCUT2D eigenvalue weighted by Gasteiger charge is -2.25. The summed E-state index contributed by atoms with van der Waals surface area (Å²) in [5, 5.41) is 2.82. The number of amides is 1. The Bertz CT molecular complexity index is 2860. The predicted octanol–water partition coefficient (Wildman–Crippen LogP) is 26.1. The third kappa shape index (κ3) is 61.7. The Morgan fingerprint density at radius 3 is 0.816 bits per heavy atom. The van der Waals surface area contributed by atoms with Gasteiger partial charge < -0.3 is 33.5 Å². The molecule has 114 heavy (non-hydrogen) atoms. The summed E-state index contributed by atoms with van der Waals surface area (Å²) in [6.45, 7) is 4.23. The van der Waals surface area contributed by atoms with Crippen LogP contribution in [0.5, 0.6) is 0 Å². The number of phosphoric acid groups is 2. The van der Waals surface area contributed by atoms with Gasteiger partial charge in [-0.25, -0.2) is 13.9 Å². The molecule has 0 aromatic heterocycles. The molecule has 0 bridgehead atoms. The number of nitrogens with one attached hydrogen (secondary N) is 1. The van der Waals surface area contributed by atoms with Gasteiger partial charge in [0.1, 0.15) is 25.9 Å². The molecule has 0 aliphatic rings. The number of hydrogen-bond donors (Lipinski definition) is 1. The zero-order valence-corrected chi connectivity index (χ0v) is 73.9. The van der Waals surface area contributed by atoms with Crippen LogP contribution in [0, 0.1) is 0 Å². The molecule has 3 aromatic rings. The van der Waals surface area contributed by atoms with E-state index in [-0.39, 0.29) is 58.7 Å². The van der Waals surface area contributed by atoms with Crippen LogP contribution in [-0.4, -0.2) is 94.5 Å². The topological polar surface area (TPSA) is 242 Å². The highest BCUT2D eigenvalue weighted by molar-refractivity contribution is 7.48. The summed E-state index contributed by atoms with van der Waals surface area (Å²) in [4.78, 5) is 65.8. The number of alkyl carbamates (subject to hydrolysis) is 1. The molecular weight excluding hydrogens is 1500 g/mol. The van der Waals surface area contributed by atoms with Crippen LogP contribution < -0.4 is 5.32 Å². The lowest BCUT2D eigenvalue weighted by Crippen LogP contribution is -2.30. The Kier molecular flexibility index (Phi) is 66.8. The Balaban J connectivity index is 1.68. The number of esters is 4. The summed E-state index contributed by atoms with van der Waals surface area (Å²) < 4.78 is 100. The van der Waals surface area contributed by atoms with Gasteiger partial charge in [0.05, 0.1) is 39.6 Å². The smallest absolute Gasteiger partial charge is 0.462 e. The van der Waals surface area contributed by atoms with Gasteiger partial charge in [0, 0.05) is 41.7 Å². The molecule has 0 saturated heterocycles. The van der Waals surface area contributed by atoms with Gasteiger partial charge >= 0.3 is 45.6 Å². The lowest BCUT2D eigenvalue weighted by atomic mass is 10.0. The van der Waals surface area contributed by atoms with Crippen LogP contribution in [0.3, 0.4) is 0 Å². The molecule has 0 radical (unpaired) electrons. The Morgan fingerprint density at radius 2 is 0.535 bits per heavy atom. The Morgan fingerprint density at radius 1 is 0.289 bits per heavy atom. The van der Waals surface area contributed by atoms with Gasteiger partial charge in [-0.1, -0.05) is 388 Å². The van der Waals surface area contributed by atoms with Gasteiger partial charge in [-0.15, -0.1) is 0 Å². The molecule has 0 fully saturated rings. The fourth-order valence-corrected chi connectivity index (χ4v) is 15.8. The first-order valence-electron chi connectivity index (χ1n) is 44.9. The largest absolute Gasteiger partial charge is 0.475 e. The molecule has 1 amide bonds. The average molecular weight is 1660 g/mol. The van der Waals surface area contributed by atoms with E-state index in [0.717, 1.165) is 121 Å². The molecule has 3 aromatic carbocycles. The fraction of sp³-hybridized carbons (Fsp3) is 0.747. The van der Waals surface area contributed by atoms with Crippen molar-refractivity contribution in [3.63, 3.8) is 0 Å². The van der Waals surface area contributed by atoms with E-state index < -0.39 is 90.4 Å². The molecule has 23 heteroatoms. The number of hydrogen-bond acceptors (Lipinski definition) is 19. The summed E-state index contributed by atoms with van der Waals surface area (Å²) in [5.74, 6) is -1.95. The van der Waals surface area contributed by atoms with Gasteiger partial charge in [0.15, 0.2) is 12.2 Å². The van der Waals surface area contributed by atoms with Crippen molar-refractivity contribution < 1.29 is 88.5 Å². The summed E-state index contributed by atoms with van der Waals surface area (Å²) in [6, 6.07) is 27.5. The van der Waals surface area contributed by atoms with Gasteiger partial charge in [-0.3, -0.25) is 46.3 Å². The molecule has 652 valence electrons. The molecule has 3 unspecified atom stereocenters. The van der Waals surface area contributed by atoms with Crippen molar-refractivity contribution in [1.29, 1.82) is 0 Å². The number of phosphoric ester groups is 2. The minimum Gasteiger partial charge on any atom is -0.462 e. The minimum atomic E-state index is -4.64. The minimum absolute atomic E-state index is 0.123. The number of benzene rings is 3. The van der Waals surface area contributed by atoms with Crippen molar-refractivity contribution in [1.82, 2.24) is 5.32 Å². The first kappa shape index (κ1) is 104. The third-order valence-corrected chi connectivity index (χ3v) is 23.4. The highest BCUT2D eigenvalue weighted by Crippen LogP contribution is 2.53. The number of rotatable bonds is 81. The molecule has 0 saturated carbocycles. The first-order valence-corrected chi connectivity index (χ1v) is 48.3. The predicted molar refractivity (Wildman–Crippen MR) is 459 cm³/mol. The monoisotopic (exact) mass is 1660 g/mol. The van der Waals surface area contributed by atoms with Crippen molar-refractivity contribution in [3.05, 3.63) is 108 Å². The first-order chi connectivity index (χ1) is 55.8.